The molecular formula is C19H38N2O4. The highest BCUT2D eigenvalue weighted by atomic mass is 16.4. The summed E-state index contributed by atoms with van der Waals surface area (Å²) in [4.78, 5) is 24.2. The molecule has 0 aromatic heterocycles. The largest absolute Gasteiger partial charge is 0.480 e. The summed E-state index contributed by atoms with van der Waals surface area (Å²) < 4.78 is 0. The van der Waals surface area contributed by atoms with Crippen molar-refractivity contribution >= 4 is 11.9 Å². The van der Waals surface area contributed by atoms with Crippen LogP contribution in [-0.2, 0) is 9.59 Å². The molecule has 0 spiro atoms. The second-order valence-electron chi connectivity index (χ2n) is 6.81. The highest BCUT2D eigenvalue weighted by molar-refractivity contribution is 5.75. The lowest BCUT2D eigenvalue weighted by Gasteiger charge is -2.28. The Morgan fingerprint density at radius 3 is 1.96 bits per heavy atom. The molecule has 0 aromatic carbocycles. The molecule has 0 fully saturated rings. The fourth-order valence-electron chi connectivity index (χ4n) is 2.85. The van der Waals surface area contributed by atoms with Crippen molar-refractivity contribution in [3.63, 3.8) is 0 Å². The van der Waals surface area contributed by atoms with E-state index in [9.17, 15) is 14.7 Å². The van der Waals surface area contributed by atoms with Gasteiger partial charge >= 0.3 is 5.97 Å². The number of carbonyl (C=O) groups excluding carboxylic acids is 1. The number of nitrogens with one attached hydrogen (secondary N) is 1. The molecular weight excluding hydrogens is 320 g/mol. The maximum atomic E-state index is 11.8. The zero-order valence-corrected chi connectivity index (χ0v) is 16.3. The highest BCUT2D eigenvalue weighted by Gasteiger charge is 2.23. The number of nitrogens with zero attached hydrogens (tertiary/aromatic N) is 1. The van der Waals surface area contributed by atoms with Gasteiger partial charge in [-0.2, -0.15) is 0 Å². The minimum atomic E-state index is -0.984. The molecule has 6 nitrogen and oxygen atoms in total. The summed E-state index contributed by atoms with van der Waals surface area (Å²) in [5, 5.41) is 21.5. The number of unbranched alkanes of at least 4 members (excludes halogenated alkanes) is 8. The van der Waals surface area contributed by atoms with Crippen LogP contribution in [-0.4, -0.2) is 52.3 Å². The van der Waals surface area contributed by atoms with E-state index in [1.807, 2.05) is 0 Å². The first-order valence-electron chi connectivity index (χ1n) is 9.83. The lowest BCUT2D eigenvalue weighted by molar-refractivity contribution is -0.146. The molecule has 0 heterocycles. The van der Waals surface area contributed by atoms with E-state index in [-0.39, 0.29) is 5.91 Å². The topological polar surface area (TPSA) is 89.9 Å². The van der Waals surface area contributed by atoms with Gasteiger partial charge in [0, 0.05) is 19.5 Å². The van der Waals surface area contributed by atoms with Crippen LogP contribution in [0.25, 0.3) is 0 Å². The van der Waals surface area contributed by atoms with Gasteiger partial charge in [0.05, 0.1) is 0 Å². The van der Waals surface area contributed by atoms with Crippen molar-refractivity contribution in [2.75, 3.05) is 13.1 Å². The SMILES string of the molecule is CCCCCCCCCCCC(=O)NCCN(C(C)O)C(C)C(=O)O. The molecule has 0 aliphatic carbocycles. The zero-order chi connectivity index (χ0) is 19.1. The molecule has 0 aliphatic rings. The molecule has 0 aliphatic heterocycles. The van der Waals surface area contributed by atoms with Crippen LogP contribution < -0.4 is 5.32 Å². The van der Waals surface area contributed by atoms with Gasteiger partial charge in [0.15, 0.2) is 0 Å². The van der Waals surface area contributed by atoms with Crippen LogP contribution in [0.15, 0.2) is 0 Å². The average molecular weight is 359 g/mol. The maximum Gasteiger partial charge on any atom is 0.320 e. The molecule has 0 radical (unpaired) electrons. The van der Waals surface area contributed by atoms with Crippen molar-refractivity contribution in [1.29, 1.82) is 0 Å². The average Bonchev–Trinajstić information content (AvgIpc) is 2.56. The smallest absolute Gasteiger partial charge is 0.320 e. The zero-order valence-electron chi connectivity index (χ0n) is 16.3. The van der Waals surface area contributed by atoms with Crippen molar-refractivity contribution in [2.45, 2.75) is 97.2 Å². The number of aliphatic hydroxyl groups excluding tert-OH is 1. The summed E-state index contributed by atoms with van der Waals surface area (Å²) in [6.45, 7) is 5.94. The number of carbonyl (C=O) groups is 2. The van der Waals surface area contributed by atoms with Gasteiger partial charge in [-0.25, -0.2) is 0 Å². The van der Waals surface area contributed by atoms with Crippen LogP contribution in [0, 0.1) is 0 Å². The minimum Gasteiger partial charge on any atom is -0.480 e. The summed E-state index contributed by atoms with van der Waals surface area (Å²) in [5.41, 5.74) is 0. The predicted molar refractivity (Wildman–Crippen MR) is 100 cm³/mol. The van der Waals surface area contributed by atoms with E-state index in [2.05, 4.69) is 12.2 Å². The summed E-state index contributed by atoms with van der Waals surface area (Å²) in [6, 6.07) is -0.783. The standard InChI is InChI=1S/C19H38N2O4/c1-4-5-6-7-8-9-10-11-12-13-18(23)20-14-15-21(17(3)22)16(2)19(24)25/h16-17,22H,4-15H2,1-3H3,(H,20,23)(H,24,25). The quantitative estimate of drug-likeness (QED) is 0.291. The van der Waals surface area contributed by atoms with Crippen LogP contribution in [0.3, 0.4) is 0 Å². The molecule has 0 aromatic rings. The van der Waals surface area contributed by atoms with Crippen LogP contribution in [0.5, 0.6) is 0 Å². The number of carboxylic acids is 1. The van der Waals surface area contributed by atoms with E-state index in [0.717, 1.165) is 12.8 Å². The van der Waals surface area contributed by atoms with Crippen LogP contribution >= 0.6 is 0 Å². The fourth-order valence-corrected chi connectivity index (χ4v) is 2.85. The van der Waals surface area contributed by atoms with Gasteiger partial charge in [0.25, 0.3) is 0 Å². The Labute approximate surface area is 153 Å². The molecule has 148 valence electrons. The van der Waals surface area contributed by atoms with Gasteiger partial charge in [-0.3, -0.25) is 14.5 Å². The van der Waals surface area contributed by atoms with Gasteiger partial charge in [0.1, 0.15) is 12.3 Å². The molecule has 0 rings (SSSR count). The van der Waals surface area contributed by atoms with E-state index in [0.29, 0.717) is 19.5 Å². The number of hydrogen-bond acceptors (Lipinski definition) is 4. The third-order valence-electron chi connectivity index (χ3n) is 4.53. The predicted octanol–water partition coefficient (Wildman–Crippen LogP) is 3.14. The van der Waals surface area contributed by atoms with E-state index in [1.54, 1.807) is 0 Å². The Balaban J connectivity index is 3.68. The van der Waals surface area contributed by atoms with Gasteiger partial charge in [-0.05, 0) is 20.3 Å². The lowest BCUT2D eigenvalue weighted by atomic mass is 10.1. The van der Waals surface area contributed by atoms with Crippen molar-refractivity contribution in [3.8, 4) is 0 Å². The summed E-state index contributed by atoms with van der Waals surface area (Å²) in [5.74, 6) is -0.988. The van der Waals surface area contributed by atoms with Crippen LogP contribution in [0.4, 0.5) is 0 Å². The van der Waals surface area contributed by atoms with E-state index >= 15 is 0 Å². The van der Waals surface area contributed by atoms with E-state index in [1.165, 1.54) is 63.7 Å². The van der Waals surface area contributed by atoms with Crippen molar-refractivity contribution in [2.24, 2.45) is 0 Å². The Hall–Kier alpha value is -1.14. The first-order valence-corrected chi connectivity index (χ1v) is 9.83. The number of aliphatic carboxylic acids is 1. The molecule has 2 unspecified atom stereocenters. The Morgan fingerprint density at radius 1 is 0.960 bits per heavy atom. The number of hydrogen-bond donors (Lipinski definition) is 3. The summed E-state index contributed by atoms with van der Waals surface area (Å²) in [6.07, 6.45) is 10.6. The maximum absolute atomic E-state index is 11.8. The number of carboxylic acid groups (broad SMARTS) is 1. The molecule has 0 saturated heterocycles. The lowest BCUT2D eigenvalue weighted by Crippen LogP contribution is -2.47. The second-order valence-corrected chi connectivity index (χ2v) is 6.81. The minimum absolute atomic E-state index is 0.00327. The number of amides is 1. The van der Waals surface area contributed by atoms with Gasteiger partial charge in [0.2, 0.25) is 5.91 Å². The van der Waals surface area contributed by atoms with Crippen LogP contribution in [0.1, 0.15) is 85.0 Å². The van der Waals surface area contributed by atoms with Crippen molar-refractivity contribution in [3.05, 3.63) is 0 Å². The van der Waals surface area contributed by atoms with Gasteiger partial charge < -0.3 is 15.5 Å². The first kappa shape index (κ1) is 23.9. The third-order valence-corrected chi connectivity index (χ3v) is 4.53. The van der Waals surface area contributed by atoms with Crippen LogP contribution in [0.2, 0.25) is 0 Å². The number of rotatable bonds is 16. The molecule has 0 saturated carbocycles. The van der Waals surface area contributed by atoms with Gasteiger partial charge in [-0.1, -0.05) is 58.3 Å². The third kappa shape index (κ3) is 12.8. The highest BCUT2D eigenvalue weighted by Crippen LogP contribution is 2.10. The molecule has 1 amide bonds. The molecule has 3 N–H and O–H groups in total. The Morgan fingerprint density at radius 2 is 1.48 bits per heavy atom. The van der Waals surface area contributed by atoms with Crippen molar-refractivity contribution in [1.82, 2.24) is 10.2 Å². The van der Waals surface area contributed by atoms with Crippen molar-refractivity contribution < 1.29 is 19.8 Å². The first-order chi connectivity index (χ1) is 11.9. The Bertz CT molecular complexity index is 361. The summed E-state index contributed by atoms with van der Waals surface area (Å²) >= 11 is 0. The second kappa shape index (κ2) is 15.1. The van der Waals surface area contributed by atoms with Gasteiger partial charge in [-0.15, -0.1) is 0 Å². The molecule has 2 atom stereocenters. The Kier molecular flexibility index (Phi) is 14.5. The fraction of sp³-hybridized carbons (Fsp3) is 0.895. The van der Waals surface area contributed by atoms with E-state index in [4.69, 9.17) is 5.11 Å². The number of aliphatic hydroxyl groups is 1. The molecule has 25 heavy (non-hydrogen) atoms. The molecule has 6 heteroatoms. The monoisotopic (exact) mass is 358 g/mol. The summed E-state index contributed by atoms with van der Waals surface area (Å²) in [7, 11) is 0. The molecule has 0 bridgehead atoms. The normalized spacial score (nSPS) is 13.6. The van der Waals surface area contributed by atoms with E-state index < -0.39 is 18.2 Å².